The first-order chi connectivity index (χ1) is 12.8. The van der Waals surface area contributed by atoms with Crippen molar-refractivity contribution in [1.82, 2.24) is 15.2 Å². The molecule has 7 heteroatoms. The molecule has 0 aliphatic carbocycles. The molecule has 1 aromatic heterocycles. The van der Waals surface area contributed by atoms with Gasteiger partial charge in [-0.25, -0.2) is 10.1 Å². The summed E-state index contributed by atoms with van der Waals surface area (Å²) in [5, 5.41) is 15.6. The van der Waals surface area contributed by atoms with Crippen molar-refractivity contribution < 1.29 is 9.47 Å². The van der Waals surface area contributed by atoms with Gasteiger partial charge in [-0.15, -0.1) is 0 Å². The number of hydrogen-bond acceptors (Lipinski definition) is 6. The van der Waals surface area contributed by atoms with Crippen molar-refractivity contribution in [2.45, 2.75) is 13.5 Å². The maximum atomic E-state index is 9.17. The van der Waals surface area contributed by atoms with Gasteiger partial charge >= 0.3 is 0 Å². The highest BCUT2D eigenvalue weighted by molar-refractivity contribution is 5.82. The smallest absolute Gasteiger partial charge is 0.245 e. The van der Waals surface area contributed by atoms with Gasteiger partial charge in [-0.05, 0) is 36.8 Å². The molecule has 0 saturated heterocycles. The van der Waals surface area contributed by atoms with Crippen molar-refractivity contribution in [3.05, 3.63) is 65.5 Å². The van der Waals surface area contributed by atoms with Crippen LogP contribution in [0.25, 0.3) is 0 Å². The molecule has 2 aromatic carbocycles. The van der Waals surface area contributed by atoms with Crippen molar-refractivity contribution in [2.75, 3.05) is 6.61 Å². The molecule has 0 atom stereocenters. The Morgan fingerprint density at radius 2 is 2.08 bits per heavy atom. The minimum absolute atomic E-state index is 0.287. The van der Waals surface area contributed by atoms with E-state index >= 15 is 0 Å². The van der Waals surface area contributed by atoms with Gasteiger partial charge < -0.3 is 9.47 Å². The monoisotopic (exact) mass is 347 g/mol. The number of aliphatic imine (C=N–C) groups is 1. The lowest BCUT2D eigenvalue weighted by Crippen LogP contribution is -2.01. The Morgan fingerprint density at radius 1 is 1.19 bits per heavy atom. The van der Waals surface area contributed by atoms with Crippen LogP contribution in [-0.2, 0) is 6.61 Å². The summed E-state index contributed by atoms with van der Waals surface area (Å²) >= 11 is 0. The topological polar surface area (TPSA) is 96.2 Å². The first-order valence-corrected chi connectivity index (χ1v) is 8.07. The van der Waals surface area contributed by atoms with Gasteiger partial charge in [0.1, 0.15) is 12.9 Å². The van der Waals surface area contributed by atoms with Crippen LogP contribution in [0.1, 0.15) is 23.6 Å². The van der Waals surface area contributed by atoms with E-state index < -0.39 is 0 Å². The van der Waals surface area contributed by atoms with Gasteiger partial charge in [0.25, 0.3) is 0 Å². The molecule has 7 nitrogen and oxygen atoms in total. The minimum Gasteiger partial charge on any atom is -0.490 e. The van der Waals surface area contributed by atoms with Crippen molar-refractivity contribution in [3.8, 4) is 17.6 Å². The zero-order valence-corrected chi connectivity index (χ0v) is 14.2. The number of nitrogens with one attached hydrogen (secondary N) is 1. The molecule has 0 amide bonds. The van der Waals surface area contributed by atoms with E-state index in [2.05, 4.69) is 26.2 Å². The summed E-state index contributed by atoms with van der Waals surface area (Å²) in [7, 11) is 0. The van der Waals surface area contributed by atoms with Crippen molar-refractivity contribution in [1.29, 1.82) is 5.26 Å². The zero-order chi connectivity index (χ0) is 18.2. The Hall–Kier alpha value is -3.66. The van der Waals surface area contributed by atoms with E-state index in [1.807, 2.05) is 43.3 Å². The lowest BCUT2D eigenvalue weighted by Gasteiger charge is -2.13. The molecular formula is C19H17N5O2. The van der Waals surface area contributed by atoms with Crippen LogP contribution >= 0.6 is 0 Å². The molecule has 130 valence electrons. The van der Waals surface area contributed by atoms with E-state index in [0.717, 1.165) is 11.1 Å². The van der Waals surface area contributed by atoms with Crippen molar-refractivity contribution in [2.24, 2.45) is 4.99 Å². The molecule has 0 aliphatic rings. The maximum Gasteiger partial charge on any atom is 0.245 e. The Bertz CT molecular complexity index is 929. The SMILES string of the molecule is CCOc1cc(C=Nc2ncn[nH]2)ccc1OCc1ccccc1C#N. The van der Waals surface area contributed by atoms with E-state index in [4.69, 9.17) is 9.47 Å². The second kappa shape index (κ2) is 8.44. The highest BCUT2D eigenvalue weighted by Crippen LogP contribution is 2.29. The molecule has 3 aromatic rings. The molecule has 1 N–H and O–H groups in total. The van der Waals surface area contributed by atoms with E-state index in [1.54, 1.807) is 12.3 Å². The fourth-order valence-electron chi connectivity index (χ4n) is 2.30. The molecule has 0 spiro atoms. The molecule has 0 bridgehead atoms. The number of aromatic nitrogens is 3. The fourth-order valence-corrected chi connectivity index (χ4v) is 2.30. The average molecular weight is 347 g/mol. The van der Waals surface area contributed by atoms with Crippen LogP contribution in [0.3, 0.4) is 0 Å². The summed E-state index contributed by atoms with van der Waals surface area (Å²) < 4.78 is 11.5. The zero-order valence-electron chi connectivity index (χ0n) is 14.2. The first kappa shape index (κ1) is 17.2. The van der Waals surface area contributed by atoms with Crippen LogP contribution in [0.2, 0.25) is 0 Å². The molecule has 0 unspecified atom stereocenters. The minimum atomic E-state index is 0.287. The third-order valence-corrected chi connectivity index (χ3v) is 3.53. The summed E-state index contributed by atoms with van der Waals surface area (Å²) in [6, 6.07) is 15.1. The van der Waals surface area contributed by atoms with Gasteiger partial charge in [0.05, 0.1) is 18.2 Å². The van der Waals surface area contributed by atoms with E-state index in [1.165, 1.54) is 6.33 Å². The molecule has 0 fully saturated rings. The molecule has 0 radical (unpaired) electrons. The normalized spacial score (nSPS) is 10.6. The molecule has 0 aliphatic heterocycles. The highest BCUT2D eigenvalue weighted by atomic mass is 16.5. The number of hydrogen-bond donors (Lipinski definition) is 1. The number of nitriles is 1. The van der Waals surface area contributed by atoms with Gasteiger partial charge in [0, 0.05) is 11.8 Å². The number of nitrogens with zero attached hydrogens (tertiary/aromatic N) is 4. The standard InChI is InChI=1S/C19H17N5O2/c1-2-25-18-9-14(11-21-19-22-13-23-24-19)7-8-17(18)26-12-16-6-4-3-5-15(16)10-20/h3-9,11,13H,2,12H2,1H3,(H,22,23,24). The summed E-state index contributed by atoms with van der Waals surface area (Å²) in [6.07, 6.45) is 3.06. The molecule has 0 saturated carbocycles. The fraction of sp³-hybridized carbons (Fsp3) is 0.158. The van der Waals surface area contributed by atoms with Crippen LogP contribution in [0, 0.1) is 11.3 Å². The highest BCUT2D eigenvalue weighted by Gasteiger charge is 2.08. The van der Waals surface area contributed by atoms with E-state index in [-0.39, 0.29) is 6.61 Å². The summed E-state index contributed by atoms with van der Waals surface area (Å²) in [5.41, 5.74) is 2.27. The number of benzene rings is 2. The second-order valence-corrected chi connectivity index (χ2v) is 5.26. The Morgan fingerprint density at radius 3 is 2.85 bits per heavy atom. The lowest BCUT2D eigenvalue weighted by molar-refractivity contribution is 0.269. The third kappa shape index (κ3) is 4.24. The average Bonchev–Trinajstić information content (AvgIpc) is 3.20. The third-order valence-electron chi connectivity index (χ3n) is 3.53. The van der Waals surface area contributed by atoms with Crippen molar-refractivity contribution >= 4 is 12.2 Å². The van der Waals surface area contributed by atoms with Gasteiger partial charge in [-0.3, -0.25) is 0 Å². The Kier molecular flexibility index (Phi) is 5.58. The molecular weight excluding hydrogens is 330 g/mol. The molecule has 1 heterocycles. The van der Waals surface area contributed by atoms with Crippen LogP contribution in [0.4, 0.5) is 5.95 Å². The number of rotatable bonds is 7. The Balaban J connectivity index is 1.77. The predicted octanol–water partition coefficient (Wildman–Crippen LogP) is 3.40. The van der Waals surface area contributed by atoms with Crippen molar-refractivity contribution in [3.63, 3.8) is 0 Å². The number of H-pyrrole nitrogens is 1. The van der Waals surface area contributed by atoms with Crippen LogP contribution in [0.5, 0.6) is 11.5 Å². The lowest BCUT2D eigenvalue weighted by atomic mass is 10.1. The summed E-state index contributed by atoms with van der Waals surface area (Å²) in [5.74, 6) is 1.65. The summed E-state index contributed by atoms with van der Waals surface area (Å²) in [6.45, 7) is 2.70. The van der Waals surface area contributed by atoms with Crippen LogP contribution < -0.4 is 9.47 Å². The number of aromatic amines is 1. The van der Waals surface area contributed by atoms with Crippen LogP contribution in [0.15, 0.2) is 53.8 Å². The molecule has 3 rings (SSSR count). The first-order valence-electron chi connectivity index (χ1n) is 8.07. The van der Waals surface area contributed by atoms with E-state index in [0.29, 0.717) is 29.6 Å². The van der Waals surface area contributed by atoms with Gasteiger partial charge in [0.2, 0.25) is 5.95 Å². The second-order valence-electron chi connectivity index (χ2n) is 5.26. The van der Waals surface area contributed by atoms with Gasteiger partial charge in [-0.2, -0.15) is 15.3 Å². The van der Waals surface area contributed by atoms with Gasteiger partial charge in [-0.1, -0.05) is 18.2 Å². The molecule has 26 heavy (non-hydrogen) atoms. The largest absolute Gasteiger partial charge is 0.490 e. The predicted molar refractivity (Wildman–Crippen MR) is 96.7 cm³/mol. The maximum absolute atomic E-state index is 9.17. The van der Waals surface area contributed by atoms with Crippen LogP contribution in [-0.4, -0.2) is 28.0 Å². The van der Waals surface area contributed by atoms with E-state index in [9.17, 15) is 5.26 Å². The van der Waals surface area contributed by atoms with Gasteiger partial charge in [0.15, 0.2) is 11.5 Å². The quantitative estimate of drug-likeness (QED) is 0.661. The summed E-state index contributed by atoms with van der Waals surface area (Å²) in [4.78, 5) is 8.14. The number of ether oxygens (including phenoxy) is 2. The Labute approximate surface area is 151 Å².